The Hall–Kier alpha value is -2.40. The summed E-state index contributed by atoms with van der Waals surface area (Å²) in [6.07, 6.45) is 1.46. The van der Waals surface area contributed by atoms with Gasteiger partial charge in [0, 0.05) is 17.4 Å². The molecule has 22 heavy (non-hydrogen) atoms. The van der Waals surface area contributed by atoms with Crippen LogP contribution < -0.4 is 10.6 Å². The normalized spacial score (nSPS) is 11.6. The zero-order valence-corrected chi connectivity index (χ0v) is 13.0. The molecule has 5 nitrogen and oxygen atoms in total. The van der Waals surface area contributed by atoms with E-state index in [1.165, 1.54) is 13.1 Å². The molecule has 0 spiro atoms. The van der Waals surface area contributed by atoms with Crippen LogP contribution in [0.5, 0.6) is 0 Å². The highest BCUT2D eigenvalue weighted by Gasteiger charge is 2.13. The predicted molar refractivity (Wildman–Crippen MR) is 87.4 cm³/mol. The number of pyridine rings is 1. The smallest absolute Gasteiger partial charge is 0.247 e. The molecule has 0 fully saturated rings. The van der Waals surface area contributed by atoms with Crippen molar-refractivity contribution in [3.63, 3.8) is 0 Å². The summed E-state index contributed by atoms with van der Waals surface area (Å²) in [7, 11) is 0. The molecule has 1 aromatic carbocycles. The highest BCUT2D eigenvalue weighted by atomic mass is 35.5. The van der Waals surface area contributed by atoms with E-state index in [0.717, 1.165) is 0 Å². The zero-order chi connectivity index (χ0) is 16.1. The molecule has 2 rings (SSSR count). The summed E-state index contributed by atoms with van der Waals surface area (Å²) >= 11 is 5.74. The summed E-state index contributed by atoms with van der Waals surface area (Å²) in [5, 5.41) is 6.24. The van der Waals surface area contributed by atoms with Crippen LogP contribution >= 0.6 is 11.6 Å². The van der Waals surface area contributed by atoms with Crippen molar-refractivity contribution in [3.05, 3.63) is 53.2 Å². The number of carbonyl (C=O) groups is 2. The van der Waals surface area contributed by atoms with Gasteiger partial charge in [0.25, 0.3) is 0 Å². The van der Waals surface area contributed by atoms with E-state index >= 15 is 0 Å². The van der Waals surface area contributed by atoms with Gasteiger partial charge in [-0.15, -0.1) is 0 Å². The largest absolute Gasteiger partial charge is 0.374 e. The summed E-state index contributed by atoms with van der Waals surface area (Å²) in [4.78, 5) is 27.5. The minimum Gasteiger partial charge on any atom is -0.374 e. The quantitative estimate of drug-likeness (QED) is 0.829. The fourth-order valence-corrected chi connectivity index (χ4v) is 1.94. The van der Waals surface area contributed by atoms with Gasteiger partial charge in [-0.2, -0.15) is 0 Å². The number of hydrogen-bond donors (Lipinski definition) is 2. The van der Waals surface area contributed by atoms with Gasteiger partial charge in [0.05, 0.1) is 5.02 Å². The van der Waals surface area contributed by atoms with Crippen molar-refractivity contribution in [1.29, 1.82) is 0 Å². The Morgan fingerprint density at radius 1 is 1.23 bits per heavy atom. The lowest BCUT2D eigenvalue weighted by molar-refractivity contribution is -0.116. The number of ketones is 1. The molecule has 0 radical (unpaired) electrons. The lowest BCUT2D eigenvalue weighted by Gasteiger charge is -2.15. The first kappa shape index (κ1) is 16.0. The molecule has 2 N–H and O–H groups in total. The van der Waals surface area contributed by atoms with Gasteiger partial charge in [0.2, 0.25) is 5.91 Å². The predicted octanol–water partition coefficient (Wildman–Crippen LogP) is 3.38. The van der Waals surface area contributed by atoms with Gasteiger partial charge in [0.15, 0.2) is 5.78 Å². The molecule has 1 aromatic heterocycles. The van der Waals surface area contributed by atoms with Crippen LogP contribution in [0.1, 0.15) is 24.2 Å². The van der Waals surface area contributed by atoms with E-state index in [-0.39, 0.29) is 11.7 Å². The van der Waals surface area contributed by atoms with Crippen LogP contribution in [0.4, 0.5) is 11.5 Å². The molecule has 6 heteroatoms. The van der Waals surface area contributed by atoms with Crippen molar-refractivity contribution in [2.75, 3.05) is 10.6 Å². The Morgan fingerprint density at radius 2 is 2.00 bits per heavy atom. The molecule has 0 bridgehead atoms. The Labute approximate surface area is 133 Å². The van der Waals surface area contributed by atoms with Gasteiger partial charge in [-0.1, -0.05) is 23.7 Å². The van der Waals surface area contributed by atoms with E-state index in [9.17, 15) is 9.59 Å². The summed E-state index contributed by atoms with van der Waals surface area (Å²) in [5.74, 6) is 0.176. The van der Waals surface area contributed by atoms with Gasteiger partial charge in [-0.05, 0) is 38.1 Å². The van der Waals surface area contributed by atoms with E-state index in [1.54, 1.807) is 43.3 Å². The average molecular weight is 318 g/mol. The minimum absolute atomic E-state index is 0.0221. The van der Waals surface area contributed by atoms with Gasteiger partial charge >= 0.3 is 0 Å². The molecular formula is C16H16ClN3O2. The van der Waals surface area contributed by atoms with E-state index in [1.807, 2.05) is 0 Å². The first-order chi connectivity index (χ1) is 10.5. The fraction of sp³-hybridized carbons (Fsp3) is 0.188. The van der Waals surface area contributed by atoms with Gasteiger partial charge < -0.3 is 10.6 Å². The number of anilines is 2. The van der Waals surface area contributed by atoms with Crippen LogP contribution in [0.3, 0.4) is 0 Å². The Morgan fingerprint density at radius 3 is 2.64 bits per heavy atom. The van der Waals surface area contributed by atoms with E-state index in [4.69, 9.17) is 11.6 Å². The maximum atomic E-state index is 12.1. The third-order valence-corrected chi connectivity index (χ3v) is 3.25. The highest BCUT2D eigenvalue weighted by Crippen LogP contribution is 2.14. The van der Waals surface area contributed by atoms with Gasteiger partial charge in [-0.3, -0.25) is 9.59 Å². The Bertz CT molecular complexity index is 686. The van der Waals surface area contributed by atoms with Crippen molar-refractivity contribution in [3.8, 4) is 0 Å². The molecule has 1 heterocycles. The number of halogens is 1. The Balaban J connectivity index is 2.00. The number of carbonyl (C=O) groups excluding carboxylic acids is 2. The number of benzene rings is 1. The molecule has 1 amide bonds. The third kappa shape index (κ3) is 4.30. The SMILES string of the molecule is CC(=O)c1cccc(N[C@H](C)C(=O)Nc2ccc(Cl)cn2)c1. The number of rotatable bonds is 5. The molecule has 0 aliphatic carbocycles. The summed E-state index contributed by atoms with van der Waals surface area (Å²) < 4.78 is 0. The molecule has 1 atom stereocenters. The second-order valence-electron chi connectivity index (χ2n) is 4.85. The van der Waals surface area contributed by atoms with Crippen LogP contribution in [0.25, 0.3) is 0 Å². The Kier molecular flexibility index (Phi) is 5.12. The lowest BCUT2D eigenvalue weighted by atomic mass is 10.1. The zero-order valence-electron chi connectivity index (χ0n) is 12.3. The molecule has 0 aliphatic rings. The van der Waals surface area contributed by atoms with Crippen LogP contribution in [0, 0.1) is 0 Å². The van der Waals surface area contributed by atoms with Crippen molar-refractivity contribution in [1.82, 2.24) is 4.98 Å². The monoisotopic (exact) mass is 317 g/mol. The molecule has 0 unspecified atom stereocenters. The van der Waals surface area contributed by atoms with Gasteiger partial charge in [0.1, 0.15) is 11.9 Å². The number of aromatic nitrogens is 1. The maximum Gasteiger partial charge on any atom is 0.247 e. The lowest BCUT2D eigenvalue weighted by Crippen LogP contribution is -2.32. The van der Waals surface area contributed by atoms with E-state index in [2.05, 4.69) is 15.6 Å². The fourth-order valence-electron chi connectivity index (χ4n) is 1.83. The van der Waals surface area contributed by atoms with Crippen molar-refractivity contribution in [2.45, 2.75) is 19.9 Å². The molecule has 2 aromatic rings. The number of Topliss-reactive ketones (excluding diaryl/α,β-unsaturated/α-hetero) is 1. The topological polar surface area (TPSA) is 71.1 Å². The molecule has 0 saturated carbocycles. The van der Waals surface area contributed by atoms with E-state index in [0.29, 0.717) is 22.1 Å². The van der Waals surface area contributed by atoms with Crippen LogP contribution in [-0.4, -0.2) is 22.7 Å². The third-order valence-electron chi connectivity index (χ3n) is 3.02. The van der Waals surface area contributed by atoms with Crippen LogP contribution in [-0.2, 0) is 4.79 Å². The average Bonchev–Trinajstić information content (AvgIpc) is 2.49. The first-order valence-electron chi connectivity index (χ1n) is 6.75. The van der Waals surface area contributed by atoms with Crippen LogP contribution in [0.15, 0.2) is 42.6 Å². The van der Waals surface area contributed by atoms with Crippen molar-refractivity contribution < 1.29 is 9.59 Å². The summed E-state index contributed by atoms with van der Waals surface area (Å²) in [6, 6.07) is 9.81. The number of hydrogen-bond acceptors (Lipinski definition) is 4. The van der Waals surface area contributed by atoms with E-state index < -0.39 is 6.04 Å². The summed E-state index contributed by atoms with van der Waals surface area (Å²) in [5.41, 5.74) is 1.30. The van der Waals surface area contributed by atoms with Gasteiger partial charge in [-0.25, -0.2) is 4.98 Å². The number of amides is 1. The first-order valence-corrected chi connectivity index (χ1v) is 7.13. The molecule has 114 valence electrons. The minimum atomic E-state index is -0.486. The molecule has 0 saturated heterocycles. The second-order valence-corrected chi connectivity index (χ2v) is 5.29. The molecular weight excluding hydrogens is 302 g/mol. The van der Waals surface area contributed by atoms with Crippen LogP contribution in [0.2, 0.25) is 5.02 Å². The standard InChI is InChI=1S/C16H16ClN3O2/c1-10(16(22)20-15-7-6-13(17)9-18-15)19-14-5-3-4-12(8-14)11(2)21/h3-10,19H,1-2H3,(H,18,20,22)/t10-/m1/s1. The highest BCUT2D eigenvalue weighted by molar-refractivity contribution is 6.30. The molecule has 0 aliphatic heterocycles. The van der Waals surface area contributed by atoms with Crippen molar-refractivity contribution in [2.24, 2.45) is 0 Å². The number of nitrogens with one attached hydrogen (secondary N) is 2. The maximum absolute atomic E-state index is 12.1. The number of nitrogens with zero attached hydrogens (tertiary/aromatic N) is 1. The summed E-state index contributed by atoms with van der Waals surface area (Å²) in [6.45, 7) is 3.23. The second kappa shape index (κ2) is 7.04. The van der Waals surface area contributed by atoms with Crippen molar-refractivity contribution >= 4 is 34.8 Å².